The van der Waals surface area contributed by atoms with E-state index in [1.807, 2.05) is 37.3 Å². The maximum atomic E-state index is 12.9. The van der Waals surface area contributed by atoms with Crippen LogP contribution in [0, 0.1) is 6.92 Å². The number of carbonyl (C=O) groups is 2. The van der Waals surface area contributed by atoms with Crippen LogP contribution >= 0.6 is 11.6 Å². The molecule has 0 saturated heterocycles. The average molecular weight is 355 g/mol. The summed E-state index contributed by atoms with van der Waals surface area (Å²) in [5.41, 5.74) is 3.07. The highest BCUT2D eigenvalue weighted by Crippen LogP contribution is 2.31. The molecule has 25 heavy (non-hydrogen) atoms. The lowest BCUT2D eigenvalue weighted by molar-refractivity contribution is -0.124. The molecule has 6 nitrogen and oxygen atoms in total. The Bertz CT molecular complexity index is 1010. The van der Waals surface area contributed by atoms with Crippen LogP contribution in [0.5, 0.6) is 0 Å². The summed E-state index contributed by atoms with van der Waals surface area (Å²) in [7, 11) is 0. The van der Waals surface area contributed by atoms with Crippen molar-refractivity contribution in [3.8, 4) is 0 Å². The summed E-state index contributed by atoms with van der Waals surface area (Å²) in [4.78, 5) is 29.3. The van der Waals surface area contributed by atoms with E-state index < -0.39 is 6.04 Å². The fraction of sp³-hybridized carbons (Fsp3) is 0.167. The van der Waals surface area contributed by atoms with Crippen molar-refractivity contribution in [3.05, 3.63) is 53.1 Å². The quantitative estimate of drug-likeness (QED) is 0.739. The van der Waals surface area contributed by atoms with Crippen molar-refractivity contribution in [2.75, 3.05) is 10.6 Å². The van der Waals surface area contributed by atoms with E-state index in [1.165, 1.54) is 0 Å². The number of para-hydroxylation sites is 2. The standard InChI is InChI=1S/C18H15ClN4O2/c1-10-6-7-11(19)8-13(10)20-17(25)15-9-16(24)22-18-21-12-4-2-3-5-14(12)23(15)18/h2-8,15H,9H2,1H3,(H,20,25)(H,21,22,24)/t15-/m0/s1. The van der Waals surface area contributed by atoms with Crippen LogP contribution in [0.15, 0.2) is 42.5 Å². The Balaban J connectivity index is 1.74. The second-order valence-electron chi connectivity index (χ2n) is 6.01. The fourth-order valence-electron chi connectivity index (χ4n) is 3.05. The van der Waals surface area contributed by atoms with Crippen molar-refractivity contribution >= 4 is 46.1 Å². The summed E-state index contributed by atoms with van der Waals surface area (Å²) in [6, 6.07) is 12.1. The molecule has 0 spiro atoms. The van der Waals surface area contributed by atoms with Crippen molar-refractivity contribution < 1.29 is 9.59 Å². The van der Waals surface area contributed by atoms with E-state index in [0.29, 0.717) is 16.7 Å². The number of rotatable bonds is 2. The predicted molar refractivity (Wildman–Crippen MR) is 96.8 cm³/mol. The average Bonchev–Trinajstić information content (AvgIpc) is 2.95. The van der Waals surface area contributed by atoms with Gasteiger partial charge in [-0.05, 0) is 36.8 Å². The third kappa shape index (κ3) is 2.74. The van der Waals surface area contributed by atoms with Gasteiger partial charge in [-0.1, -0.05) is 29.8 Å². The van der Waals surface area contributed by atoms with Crippen LogP contribution in [-0.4, -0.2) is 21.4 Å². The number of amides is 2. The molecule has 0 fully saturated rings. The Morgan fingerprint density at radius 2 is 2.12 bits per heavy atom. The maximum Gasteiger partial charge on any atom is 0.248 e. The van der Waals surface area contributed by atoms with Crippen molar-refractivity contribution in [1.29, 1.82) is 0 Å². The van der Waals surface area contributed by atoms with Gasteiger partial charge < -0.3 is 5.32 Å². The van der Waals surface area contributed by atoms with Gasteiger partial charge in [-0.2, -0.15) is 0 Å². The molecule has 1 atom stereocenters. The van der Waals surface area contributed by atoms with E-state index in [9.17, 15) is 9.59 Å². The van der Waals surface area contributed by atoms with Crippen molar-refractivity contribution in [2.24, 2.45) is 0 Å². The molecule has 2 heterocycles. The first-order chi connectivity index (χ1) is 12.0. The van der Waals surface area contributed by atoms with Crippen LogP contribution in [0.2, 0.25) is 5.02 Å². The lowest BCUT2D eigenvalue weighted by atomic mass is 10.1. The molecule has 4 rings (SSSR count). The summed E-state index contributed by atoms with van der Waals surface area (Å²) < 4.78 is 1.77. The van der Waals surface area contributed by atoms with Crippen LogP contribution in [0.25, 0.3) is 11.0 Å². The van der Waals surface area contributed by atoms with Gasteiger partial charge in [-0.15, -0.1) is 0 Å². The van der Waals surface area contributed by atoms with Crippen LogP contribution in [-0.2, 0) is 9.59 Å². The highest BCUT2D eigenvalue weighted by atomic mass is 35.5. The minimum atomic E-state index is -0.672. The molecule has 7 heteroatoms. The SMILES string of the molecule is Cc1ccc(Cl)cc1NC(=O)[C@@H]1CC(=O)Nc2nc3ccccc3n21. The van der Waals surface area contributed by atoms with E-state index in [4.69, 9.17) is 11.6 Å². The second kappa shape index (κ2) is 5.89. The molecular formula is C18H15ClN4O2. The van der Waals surface area contributed by atoms with Gasteiger partial charge in [-0.3, -0.25) is 19.5 Å². The van der Waals surface area contributed by atoms with Crippen LogP contribution in [0.4, 0.5) is 11.6 Å². The van der Waals surface area contributed by atoms with Gasteiger partial charge in [-0.25, -0.2) is 4.98 Å². The lowest BCUT2D eigenvalue weighted by Crippen LogP contribution is -2.35. The second-order valence-corrected chi connectivity index (χ2v) is 6.45. The van der Waals surface area contributed by atoms with Gasteiger partial charge in [0.25, 0.3) is 0 Å². The zero-order valence-electron chi connectivity index (χ0n) is 13.4. The number of imidazole rings is 1. The predicted octanol–water partition coefficient (Wildman–Crippen LogP) is 3.52. The Morgan fingerprint density at radius 3 is 2.96 bits per heavy atom. The zero-order valence-corrected chi connectivity index (χ0v) is 14.2. The van der Waals surface area contributed by atoms with Gasteiger partial charge in [0.15, 0.2) is 0 Å². The van der Waals surface area contributed by atoms with Gasteiger partial charge in [0.2, 0.25) is 17.8 Å². The molecule has 3 aromatic rings. The van der Waals surface area contributed by atoms with Crippen molar-refractivity contribution in [2.45, 2.75) is 19.4 Å². The van der Waals surface area contributed by atoms with Crippen molar-refractivity contribution in [3.63, 3.8) is 0 Å². The number of aryl methyl sites for hydroxylation is 1. The smallest absolute Gasteiger partial charge is 0.248 e. The molecule has 0 radical (unpaired) electrons. The Morgan fingerprint density at radius 1 is 1.32 bits per heavy atom. The van der Waals surface area contributed by atoms with Gasteiger partial charge in [0.05, 0.1) is 17.5 Å². The Kier molecular flexibility index (Phi) is 3.69. The molecule has 126 valence electrons. The van der Waals surface area contributed by atoms with Gasteiger partial charge in [0.1, 0.15) is 6.04 Å². The minimum Gasteiger partial charge on any atom is -0.324 e. The lowest BCUT2D eigenvalue weighted by Gasteiger charge is -2.25. The number of anilines is 2. The number of hydrogen-bond donors (Lipinski definition) is 2. The van der Waals surface area contributed by atoms with E-state index in [2.05, 4.69) is 15.6 Å². The highest BCUT2D eigenvalue weighted by molar-refractivity contribution is 6.31. The summed E-state index contributed by atoms with van der Waals surface area (Å²) in [6.07, 6.45) is 0.0544. The fourth-order valence-corrected chi connectivity index (χ4v) is 3.22. The van der Waals surface area contributed by atoms with Gasteiger partial charge in [0, 0.05) is 10.7 Å². The van der Waals surface area contributed by atoms with Gasteiger partial charge >= 0.3 is 0 Å². The number of nitrogens with one attached hydrogen (secondary N) is 2. The molecule has 2 aromatic carbocycles. The number of nitrogens with zero attached hydrogens (tertiary/aromatic N) is 2. The molecule has 1 aromatic heterocycles. The number of hydrogen-bond acceptors (Lipinski definition) is 3. The third-order valence-corrected chi connectivity index (χ3v) is 4.53. The molecular weight excluding hydrogens is 340 g/mol. The van der Waals surface area contributed by atoms with E-state index in [-0.39, 0.29) is 18.2 Å². The summed E-state index contributed by atoms with van der Waals surface area (Å²) in [6.45, 7) is 1.89. The number of aromatic nitrogens is 2. The van der Waals surface area contributed by atoms with Crippen LogP contribution in [0.1, 0.15) is 18.0 Å². The van der Waals surface area contributed by atoms with Crippen molar-refractivity contribution in [1.82, 2.24) is 9.55 Å². The largest absolute Gasteiger partial charge is 0.324 e. The highest BCUT2D eigenvalue weighted by Gasteiger charge is 2.33. The first kappa shape index (κ1) is 15.7. The molecule has 0 saturated carbocycles. The number of carbonyl (C=O) groups excluding carboxylic acids is 2. The molecule has 2 amide bonds. The first-order valence-corrected chi connectivity index (χ1v) is 8.24. The number of fused-ring (bicyclic) bond motifs is 3. The summed E-state index contributed by atoms with van der Waals surface area (Å²) >= 11 is 6.02. The Labute approximate surface area is 148 Å². The maximum absolute atomic E-state index is 12.9. The molecule has 0 unspecified atom stereocenters. The normalized spacial score (nSPS) is 16.4. The summed E-state index contributed by atoms with van der Waals surface area (Å²) in [5, 5.41) is 6.15. The third-order valence-electron chi connectivity index (χ3n) is 4.30. The van der Waals surface area contributed by atoms with E-state index >= 15 is 0 Å². The minimum absolute atomic E-state index is 0.0544. The topological polar surface area (TPSA) is 76.0 Å². The first-order valence-electron chi connectivity index (χ1n) is 7.87. The molecule has 1 aliphatic heterocycles. The molecule has 0 aliphatic carbocycles. The van der Waals surface area contributed by atoms with Crippen LogP contribution < -0.4 is 10.6 Å². The number of benzene rings is 2. The summed E-state index contributed by atoms with van der Waals surface area (Å²) in [5.74, 6) is -0.115. The molecule has 1 aliphatic rings. The molecule has 2 N–H and O–H groups in total. The van der Waals surface area contributed by atoms with E-state index in [0.717, 1.165) is 16.6 Å². The Hall–Kier alpha value is -2.86. The number of halogens is 1. The van der Waals surface area contributed by atoms with E-state index in [1.54, 1.807) is 16.7 Å². The van der Waals surface area contributed by atoms with Crippen LogP contribution in [0.3, 0.4) is 0 Å². The zero-order chi connectivity index (χ0) is 17.6. The molecule has 0 bridgehead atoms. The monoisotopic (exact) mass is 354 g/mol.